The summed E-state index contributed by atoms with van der Waals surface area (Å²) in [5, 5.41) is 7.14. The molecular weight excluding hydrogens is 324 g/mol. The summed E-state index contributed by atoms with van der Waals surface area (Å²) in [7, 11) is 1.56. The van der Waals surface area contributed by atoms with Crippen molar-refractivity contribution in [2.75, 3.05) is 20.3 Å². The molecule has 8 heteroatoms. The molecule has 0 spiro atoms. The number of carbonyl (C=O) groups is 1. The highest BCUT2D eigenvalue weighted by Gasteiger charge is 2.32. The molecule has 1 aliphatic heterocycles. The summed E-state index contributed by atoms with van der Waals surface area (Å²) in [5.41, 5.74) is 0.600. The van der Waals surface area contributed by atoms with Crippen molar-refractivity contribution in [1.82, 2.24) is 20.1 Å². The summed E-state index contributed by atoms with van der Waals surface area (Å²) in [4.78, 5) is 16.6. The highest BCUT2D eigenvalue weighted by Crippen LogP contribution is 2.18. The molecule has 3 heterocycles. The second-order valence-electron chi connectivity index (χ2n) is 5.73. The largest absolute Gasteiger partial charge is 0.495 e. The van der Waals surface area contributed by atoms with Crippen LogP contribution in [0.4, 0.5) is 0 Å². The topological polar surface area (TPSA) is 87.5 Å². The molecule has 0 bridgehead atoms. The van der Waals surface area contributed by atoms with Gasteiger partial charge in [-0.2, -0.15) is 5.10 Å². The number of rotatable bonds is 7. The molecule has 0 unspecified atom stereocenters. The molecule has 0 aromatic carbocycles. The van der Waals surface area contributed by atoms with Crippen molar-refractivity contribution in [3.63, 3.8) is 0 Å². The van der Waals surface area contributed by atoms with Crippen molar-refractivity contribution in [3.8, 4) is 11.5 Å². The Bertz CT molecular complexity index is 718. The highest BCUT2D eigenvalue weighted by atomic mass is 16.5. The zero-order valence-corrected chi connectivity index (χ0v) is 14.3. The van der Waals surface area contributed by atoms with Gasteiger partial charge in [0.2, 0.25) is 5.91 Å². The molecule has 134 valence electrons. The van der Waals surface area contributed by atoms with Gasteiger partial charge in [0.1, 0.15) is 11.9 Å². The lowest BCUT2D eigenvalue weighted by Gasteiger charge is -2.19. The molecule has 2 aromatic heterocycles. The summed E-state index contributed by atoms with van der Waals surface area (Å²) in [6, 6.07) is 3.34. The average molecular weight is 346 g/mol. The lowest BCUT2D eigenvalue weighted by Crippen LogP contribution is -2.45. The number of hydrogen-bond donors (Lipinski definition) is 1. The molecule has 1 amide bonds. The van der Waals surface area contributed by atoms with Crippen LogP contribution >= 0.6 is 0 Å². The Labute approximate surface area is 146 Å². The SMILES string of the molecule is CCn1cc(O[C@@H]2COC[C@@H]2NC(=O)Cc2ncccc2OC)cn1. The van der Waals surface area contributed by atoms with E-state index in [9.17, 15) is 4.79 Å². The van der Waals surface area contributed by atoms with Crippen molar-refractivity contribution in [3.05, 3.63) is 36.4 Å². The number of methoxy groups -OCH3 is 1. The van der Waals surface area contributed by atoms with E-state index < -0.39 is 0 Å². The van der Waals surface area contributed by atoms with Gasteiger partial charge in [0.05, 0.1) is 50.9 Å². The molecule has 8 nitrogen and oxygen atoms in total. The number of aryl methyl sites for hydroxylation is 1. The molecule has 1 fully saturated rings. The number of pyridine rings is 1. The van der Waals surface area contributed by atoms with Crippen LogP contribution in [0.3, 0.4) is 0 Å². The monoisotopic (exact) mass is 346 g/mol. The second-order valence-corrected chi connectivity index (χ2v) is 5.73. The number of hydrogen-bond acceptors (Lipinski definition) is 6. The maximum absolute atomic E-state index is 12.4. The van der Waals surface area contributed by atoms with E-state index in [1.165, 1.54) is 0 Å². The van der Waals surface area contributed by atoms with Crippen LogP contribution in [-0.2, 0) is 22.5 Å². The number of carbonyl (C=O) groups excluding carboxylic acids is 1. The molecule has 0 radical (unpaired) electrons. The van der Waals surface area contributed by atoms with Crippen LogP contribution in [0.1, 0.15) is 12.6 Å². The third-order valence-corrected chi connectivity index (χ3v) is 3.99. The predicted octanol–water partition coefficient (Wildman–Crippen LogP) is 0.812. The van der Waals surface area contributed by atoms with E-state index in [0.717, 1.165) is 6.54 Å². The molecule has 25 heavy (non-hydrogen) atoms. The molecule has 2 aromatic rings. The van der Waals surface area contributed by atoms with Gasteiger partial charge in [-0.3, -0.25) is 14.5 Å². The second kappa shape index (κ2) is 7.98. The molecule has 1 aliphatic rings. The van der Waals surface area contributed by atoms with E-state index in [0.29, 0.717) is 30.4 Å². The van der Waals surface area contributed by atoms with Gasteiger partial charge in [0.15, 0.2) is 5.75 Å². The standard InChI is InChI=1S/C17H22N4O4/c1-3-21-9-12(8-19-21)25-16-11-24-10-14(16)20-17(22)7-13-15(23-2)5-4-6-18-13/h4-6,8-9,14,16H,3,7,10-11H2,1-2H3,(H,20,22)/t14-,16+/m0/s1. The molecule has 1 saturated heterocycles. The summed E-state index contributed by atoms with van der Waals surface area (Å²) in [5.74, 6) is 1.12. The molecule has 3 rings (SSSR count). The predicted molar refractivity (Wildman–Crippen MR) is 89.6 cm³/mol. The number of ether oxygens (including phenoxy) is 3. The van der Waals surface area contributed by atoms with Crippen molar-refractivity contribution >= 4 is 5.91 Å². The summed E-state index contributed by atoms with van der Waals surface area (Å²) in [6.45, 7) is 3.62. The van der Waals surface area contributed by atoms with Gasteiger partial charge < -0.3 is 19.5 Å². The van der Waals surface area contributed by atoms with Crippen molar-refractivity contribution < 1.29 is 19.0 Å². The molecule has 2 atom stereocenters. The van der Waals surface area contributed by atoms with Gasteiger partial charge in [0, 0.05) is 12.7 Å². The molecule has 0 aliphatic carbocycles. The fourth-order valence-corrected chi connectivity index (χ4v) is 2.69. The van der Waals surface area contributed by atoms with Gasteiger partial charge in [0.25, 0.3) is 0 Å². The first kappa shape index (κ1) is 17.2. The molecule has 1 N–H and O–H groups in total. The molecule has 0 saturated carbocycles. The Hall–Kier alpha value is -2.61. The third-order valence-electron chi connectivity index (χ3n) is 3.99. The van der Waals surface area contributed by atoms with E-state index in [1.807, 2.05) is 13.1 Å². The van der Waals surface area contributed by atoms with Crippen LogP contribution in [0.5, 0.6) is 11.5 Å². The minimum Gasteiger partial charge on any atom is -0.495 e. The van der Waals surface area contributed by atoms with Crippen LogP contribution in [0.25, 0.3) is 0 Å². The molecular formula is C17H22N4O4. The average Bonchev–Trinajstić information content (AvgIpc) is 3.25. The van der Waals surface area contributed by atoms with Crippen LogP contribution in [-0.4, -0.2) is 53.1 Å². The zero-order valence-electron chi connectivity index (χ0n) is 14.3. The first-order valence-electron chi connectivity index (χ1n) is 8.23. The first-order valence-corrected chi connectivity index (χ1v) is 8.23. The van der Waals surface area contributed by atoms with E-state index in [4.69, 9.17) is 14.2 Å². The summed E-state index contributed by atoms with van der Waals surface area (Å²) >= 11 is 0. The van der Waals surface area contributed by atoms with E-state index in [-0.39, 0.29) is 24.5 Å². The van der Waals surface area contributed by atoms with Gasteiger partial charge >= 0.3 is 0 Å². The maximum atomic E-state index is 12.4. The number of nitrogens with one attached hydrogen (secondary N) is 1. The lowest BCUT2D eigenvalue weighted by atomic mass is 10.2. The Morgan fingerprint density at radius 1 is 1.48 bits per heavy atom. The Kier molecular flexibility index (Phi) is 5.49. The Morgan fingerprint density at radius 2 is 2.36 bits per heavy atom. The smallest absolute Gasteiger partial charge is 0.226 e. The fourth-order valence-electron chi connectivity index (χ4n) is 2.69. The number of aromatic nitrogens is 3. The van der Waals surface area contributed by atoms with E-state index >= 15 is 0 Å². The van der Waals surface area contributed by atoms with Crippen molar-refractivity contribution in [2.45, 2.75) is 32.0 Å². The minimum atomic E-state index is -0.246. The summed E-state index contributed by atoms with van der Waals surface area (Å²) < 4.78 is 18.4. The highest BCUT2D eigenvalue weighted by molar-refractivity contribution is 5.79. The Balaban J connectivity index is 1.58. The minimum absolute atomic E-state index is 0.140. The van der Waals surface area contributed by atoms with Crippen LogP contribution in [0, 0.1) is 0 Å². The van der Waals surface area contributed by atoms with Crippen LogP contribution < -0.4 is 14.8 Å². The van der Waals surface area contributed by atoms with E-state index in [1.54, 1.807) is 36.3 Å². The van der Waals surface area contributed by atoms with Gasteiger partial charge in [-0.05, 0) is 19.1 Å². The van der Waals surface area contributed by atoms with E-state index in [2.05, 4.69) is 15.4 Å². The van der Waals surface area contributed by atoms with Gasteiger partial charge in [-0.25, -0.2) is 0 Å². The fraction of sp³-hybridized carbons (Fsp3) is 0.471. The lowest BCUT2D eigenvalue weighted by molar-refractivity contribution is -0.121. The normalized spacial score (nSPS) is 19.6. The third kappa shape index (κ3) is 4.27. The van der Waals surface area contributed by atoms with Gasteiger partial charge in [-0.15, -0.1) is 0 Å². The number of nitrogens with zero attached hydrogens (tertiary/aromatic N) is 3. The van der Waals surface area contributed by atoms with Crippen molar-refractivity contribution in [1.29, 1.82) is 0 Å². The number of amides is 1. The van der Waals surface area contributed by atoms with Crippen molar-refractivity contribution in [2.24, 2.45) is 0 Å². The summed E-state index contributed by atoms with van der Waals surface area (Å²) in [6.07, 6.45) is 5.03. The van der Waals surface area contributed by atoms with Crippen LogP contribution in [0.2, 0.25) is 0 Å². The zero-order chi connectivity index (χ0) is 17.6. The quantitative estimate of drug-likeness (QED) is 0.798. The van der Waals surface area contributed by atoms with Crippen LogP contribution in [0.15, 0.2) is 30.7 Å². The maximum Gasteiger partial charge on any atom is 0.226 e. The Morgan fingerprint density at radius 3 is 3.12 bits per heavy atom. The first-order chi connectivity index (χ1) is 12.2. The van der Waals surface area contributed by atoms with Gasteiger partial charge in [-0.1, -0.05) is 0 Å².